The number of nitrogens with zero attached hydrogens (tertiary/aromatic N) is 1. The average molecular weight is 386 g/mol. The van der Waals surface area contributed by atoms with Crippen LogP contribution in [0.4, 0.5) is 5.69 Å². The van der Waals surface area contributed by atoms with Crippen molar-refractivity contribution in [3.05, 3.63) is 57.0 Å². The minimum Gasteiger partial charge on any atom is -0.280 e. The zero-order valence-corrected chi connectivity index (χ0v) is 14.1. The highest BCUT2D eigenvalue weighted by molar-refractivity contribution is 9.10. The van der Waals surface area contributed by atoms with E-state index < -0.39 is 10.0 Å². The molecule has 0 atom stereocenters. The first-order valence-corrected chi connectivity index (χ1v) is 8.47. The molecule has 0 saturated carbocycles. The van der Waals surface area contributed by atoms with Crippen molar-refractivity contribution in [3.63, 3.8) is 0 Å². The fourth-order valence-corrected chi connectivity index (χ4v) is 3.48. The van der Waals surface area contributed by atoms with Crippen LogP contribution in [0.2, 0.25) is 5.02 Å². The lowest BCUT2D eigenvalue weighted by Gasteiger charge is -2.11. The summed E-state index contributed by atoms with van der Waals surface area (Å²) in [7, 11) is -3.78. The first kappa shape index (κ1) is 15.8. The molecule has 0 aliphatic heterocycles. The third-order valence-electron chi connectivity index (χ3n) is 2.78. The topological polar surface area (TPSA) is 70.0 Å². The molecular formula is C14H10BrClN2O2S. The first-order chi connectivity index (χ1) is 9.83. The monoisotopic (exact) mass is 384 g/mol. The quantitative estimate of drug-likeness (QED) is 0.865. The van der Waals surface area contributed by atoms with Gasteiger partial charge in [-0.15, -0.1) is 0 Å². The number of sulfonamides is 1. The Bertz CT molecular complexity index is 845. The van der Waals surface area contributed by atoms with Gasteiger partial charge in [-0.05, 0) is 58.7 Å². The standard InChI is InChI=1S/C14H10BrClN2O2S/c1-9-2-3-10(8-17)6-14(9)21(19,20)18-11-4-5-12(15)13(16)7-11/h2-7,18H,1H3. The molecule has 7 heteroatoms. The molecule has 0 aromatic heterocycles. The molecule has 0 heterocycles. The summed E-state index contributed by atoms with van der Waals surface area (Å²) in [5, 5.41) is 9.29. The maximum atomic E-state index is 12.4. The van der Waals surface area contributed by atoms with Crippen LogP contribution >= 0.6 is 27.5 Å². The minimum atomic E-state index is -3.78. The molecular weight excluding hydrogens is 376 g/mol. The van der Waals surface area contributed by atoms with Gasteiger partial charge in [0.2, 0.25) is 0 Å². The second-order valence-corrected chi connectivity index (χ2v) is 7.24. The molecule has 0 radical (unpaired) electrons. The van der Waals surface area contributed by atoms with Crippen molar-refractivity contribution in [2.75, 3.05) is 4.72 Å². The Kier molecular flexibility index (Phi) is 4.57. The molecule has 4 nitrogen and oxygen atoms in total. The summed E-state index contributed by atoms with van der Waals surface area (Å²) in [5.74, 6) is 0. The zero-order chi connectivity index (χ0) is 15.6. The van der Waals surface area contributed by atoms with Gasteiger partial charge in [-0.2, -0.15) is 5.26 Å². The van der Waals surface area contributed by atoms with E-state index in [1.54, 1.807) is 31.2 Å². The molecule has 1 N–H and O–H groups in total. The Labute approximate surface area is 136 Å². The Hall–Kier alpha value is -1.55. The molecule has 2 aromatic rings. The lowest BCUT2D eigenvalue weighted by atomic mass is 10.2. The van der Waals surface area contributed by atoms with Crippen molar-refractivity contribution >= 4 is 43.2 Å². The number of anilines is 1. The lowest BCUT2D eigenvalue weighted by molar-refractivity contribution is 0.600. The van der Waals surface area contributed by atoms with Crippen LogP contribution in [0.1, 0.15) is 11.1 Å². The molecule has 108 valence electrons. The molecule has 0 saturated heterocycles. The largest absolute Gasteiger partial charge is 0.280 e. The summed E-state index contributed by atoms with van der Waals surface area (Å²) in [6.07, 6.45) is 0. The van der Waals surface area contributed by atoms with Gasteiger partial charge in [-0.3, -0.25) is 4.72 Å². The number of nitrogens with one attached hydrogen (secondary N) is 1. The van der Waals surface area contributed by atoms with Gasteiger partial charge in [-0.1, -0.05) is 17.7 Å². The third-order valence-corrected chi connectivity index (χ3v) is 5.53. The Morgan fingerprint density at radius 3 is 2.57 bits per heavy atom. The van der Waals surface area contributed by atoms with Gasteiger partial charge in [0.25, 0.3) is 10.0 Å². The molecule has 0 fully saturated rings. The third kappa shape index (κ3) is 3.56. The van der Waals surface area contributed by atoms with E-state index in [-0.39, 0.29) is 10.5 Å². The molecule has 0 aliphatic carbocycles. The maximum Gasteiger partial charge on any atom is 0.262 e. The highest BCUT2D eigenvalue weighted by Crippen LogP contribution is 2.27. The van der Waals surface area contributed by atoms with E-state index in [1.165, 1.54) is 12.1 Å². The van der Waals surface area contributed by atoms with Crippen molar-refractivity contribution in [2.45, 2.75) is 11.8 Å². The SMILES string of the molecule is Cc1ccc(C#N)cc1S(=O)(=O)Nc1ccc(Br)c(Cl)c1. The zero-order valence-electron chi connectivity index (χ0n) is 10.9. The molecule has 0 spiro atoms. The number of benzene rings is 2. The van der Waals surface area contributed by atoms with Crippen LogP contribution in [0.15, 0.2) is 45.8 Å². The van der Waals surface area contributed by atoms with Crippen molar-refractivity contribution < 1.29 is 8.42 Å². The van der Waals surface area contributed by atoms with Gasteiger partial charge in [0.15, 0.2) is 0 Å². The molecule has 2 rings (SSSR count). The van der Waals surface area contributed by atoms with Crippen LogP contribution in [0.3, 0.4) is 0 Å². The number of rotatable bonds is 3. The predicted octanol–water partition coefficient (Wildman–Crippen LogP) is 4.08. The molecule has 0 aliphatic rings. The average Bonchev–Trinajstić information content (AvgIpc) is 2.43. The normalized spacial score (nSPS) is 11.0. The van der Waals surface area contributed by atoms with Crippen LogP contribution < -0.4 is 4.72 Å². The van der Waals surface area contributed by atoms with Gasteiger partial charge >= 0.3 is 0 Å². The second-order valence-electron chi connectivity index (χ2n) is 4.33. The summed E-state index contributed by atoms with van der Waals surface area (Å²) < 4.78 is 28.0. The minimum absolute atomic E-state index is 0.0700. The molecule has 0 amide bonds. The second kappa shape index (κ2) is 6.06. The van der Waals surface area contributed by atoms with Gasteiger partial charge in [0.05, 0.1) is 27.2 Å². The maximum absolute atomic E-state index is 12.4. The van der Waals surface area contributed by atoms with Crippen LogP contribution in [-0.4, -0.2) is 8.42 Å². The van der Waals surface area contributed by atoms with Crippen molar-refractivity contribution in [3.8, 4) is 6.07 Å². The number of halogens is 2. The molecule has 0 bridgehead atoms. The molecule has 0 unspecified atom stereocenters. The van der Waals surface area contributed by atoms with Crippen LogP contribution in [0.25, 0.3) is 0 Å². The van der Waals surface area contributed by atoms with E-state index in [2.05, 4.69) is 20.7 Å². The summed E-state index contributed by atoms with van der Waals surface area (Å²) in [5.41, 5.74) is 1.20. The number of aryl methyl sites for hydroxylation is 1. The highest BCUT2D eigenvalue weighted by Gasteiger charge is 2.18. The molecule has 21 heavy (non-hydrogen) atoms. The van der Waals surface area contributed by atoms with E-state index in [4.69, 9.17) is 16.9 Å². The summed E-state index contributed by atoms with van der Waals surface area (Å²) in [4.78, 5) is 0.0700. The first-order valence-electron chi connectivity index (χ1n) is 5.82. The summed E-state index contributed by atoms with van der Waals surface area (Å²) >= 11 is 9.18. The van der Waals surface area contributed by atoms with Crippen molar-refractivity contribution in [1.82, 2.24) is 0 Å². The molecule has 2 aromatic carbocycles. The van der Waals surface area contributed by atoms with E-state index >= 15 is 0 Å². The van der Waals surface area contributed by atoms with Crippen molar-refractivity contribution in [2.24, 2.45) is 0 Å². The van der Waals surface area contributed by atoms with Crippen molar-refractivity contribution in [1.29, 1.82) is 5.26 Å². The van der Waals surface area contributed by atoms with Gasteiger partial charge in [0, 0.05) is 4.47 Å². The van der Waals surface area contributed by atoms with Gasteiger partial charge in [-0.25, -0.2) is 8.42 Å². The fourth-order valence-electron chi connectivity index (χ4n) is 1.73. The summed E-state index contributed by atoms with van der Waals surface area (Å²) in [6.45, 7) is 1.67. The van der Waals surface area contributed by atoms with E-state index in [9.17, 15) is 8.42 Å². The highest BCUT2D eigenvalue weighted by atomic mass is 79.9. The lowest BCUT2D eigenvalue weighted by Crippen LogP contribution is -2.14. The van der Waals surface area contributed by atoms with E-state index in [0.29, 0.717) is 20.7 Å². The smallest absolute Gasteiger partial charge is 0.262 e. The Morgan fingerprint density at radius 1 is 1.24 bits per heavy atom. The Balaban J connectivity index is 2.43. The Morgan fingerprint density at radius 2 is 1.95 bits per heavy atom. The number of nitriles is 1. The fraction of sp³-hybridized carbons (Fsp3) is 0.0714. The van der Waals surface area contributed by atoms with Gasteiger partial charge in [0.1, 0.15) is 0 Å². The van der Waals surface area contributed by atoms with Crippen LogP contribution in [0, 0.1) is 18.3 Å². The predicted molar refractivity (Wildman–Crippen MR) is 85.9 cm³/mol. The number of hydrogen-bond donors (Lipinski definition) is 1. The van der Waals surface area contributed by atoms with E-state index in [1.807, 2.05) is 6.07 Å². The van der Waals surface area contributed by atoms with Gasteiger partial charge < -0.3 is 0 Å². The number of hydrogen-bond acceptors (Lipinski definition) is 3. The van der Waals surface area contributed by atoms with E-state index in [0.717, 1.165) is 0 Å². The summed E-state index contributed by atoms with van der Waals surface area (Å²) in [6, 6.07) is 11.2. The van der Waals surface area contributed by atoms with Crippen LogP contribution in [0.5, 0.6) is 0 Å². The van der Waals surface area contributed by atoms with Crippen LogP contribution in [-0.2, 0) is 10.0 Å².